The molecule has 6 nitrogen and oxygen atoms in total. The van der Waals surface area contributed by atoms with Gasteiger partial charge >= 0.3 is 5.97 Å². The molecule has 1 aromatic carbocycles. The maximum absolute atomic E-state index is 14.5. The van der Waals surface area contributed by atoms with Crippen LogP contribution in [0, 0.1) is 17.7 Å². The summed E-state index contributed by atoms with van der Waals surface area (Å²) in [5.74, 6) is -23.3. The number of ether oxygens (including phenoxy) is 3. The molecule has 4 atom stereocenters. The third-order valence-corrected chi connectivity index (χ3v) is 3.45. The van der Waals surface area contributed by atoms with Gasteiger partial charge in [0.1, 0.15) is 14.9 Å². The van der Waals surface area contributed by atoms with Crippen LogP contribution in [0.1, 0.15) is 107 Å². The Labute approximate surface area is 234 Å². The van der Waals surface area contributed by atoms with Gasteiger partial charge in [0.05, 0.1) is 29.2 Å². The maximum Gasteiger partial charge on any atom is 0.323 e. The fourth-order valence-electron chi connectivity index (χ4n) is 2.22. The fraction of sp³-hybridized carbons (Fsp3) is 0.708. The highest BCUT2D eigenvalue weighted by atomic mass is 16.5. The predicted molar refractivity (Wildman–Crippen MR) is 118 cm³/mol. The zero-order chi connectivity index (χ0) is 54.8. The minimum Gasteiger partial charge on any atom is -0.493 e. The van der Waals surface area contributed by atoms with Crippen molar-refractivity contribution in [3.05, 3.63) is 23.2 Å². The molecule has 1 saturated heterocycles. The maximum atomic E-state index is 14.5. The Hall–Kier alpha value is -1.79. The highest BCUT2D eigenvalue weighted by Crippen LogP contribution is 2.44. The summed E-state index contributed by atoms with van der Waals surface area (Å²) in [6.45, 7) is -29.3. The van der Waals surface area contributed by atoms with Crippen molar-refractivity contribution in [1.82, 2.24) is 4.90 Å². The van der Waals surface area contributed by atoms with E-state index in [-0.39, 0.29) is 0 Å². The van der Waals surface area contributed by atoms with Crippen LogP contribution in [0.5, 0.6) is 11.5 Å². The molecular formula is C24H38N2O4. The van der Waals surface area contributed by atoms with Crippen LogP contribution < -0.4 is 15.2 Å². The molecule has 3 rings (SSSR count). The van der Waals surface area contributed by atoms with Crippen molar-refractivity contribution in [2.24, 2.45) is 23.4 Å². The molecule has 0 bridgehead atoms. The third-order valence-electron chi connectivity index (χ3n) is 3.45. The first-order valence-corrected chi connectivity index (χ1v) is 7.57. The van der Waals surface area contributed by atoms with E-state index in [4.69, 9.17) is 42.6 Å². The highest BCUT2D eigenvalue weighted by Gasteiger charge is 2.41. The van der Waals surface area contributed by atoms with Crippen LogP contribution in [-0.4, -0.2) is 50.0 Å². The van der Waals surface area contributed by atoms with Gasteiger partial charge in [-0.1, -0.05) is 27.4 Å². The molecule has 0 amide bonds. The van der Waals surface area contributed by atoms with Crippen LogP contribution >= 0.6 is 0 Å². The summed E-state index contributed by atoms with van der Waals surface area (Å²) in [4.78, 5) is 13.2. The van der Waals surface area contributed by atoms with Crippen molar-refractivity contribution in [3.63, 3.8) is 0 Å². The van der Waals surface area contributed by atoms with Gasteiger partial charge in [-0.05, 0) is 47.7 Å². The molecule has 0 aliphatic carbocycles. The van der Waals surface area contributed by atoms with Gasteiger partial charge in [-0.15, -0.1) is 0 Å². The quantitative estimate of drug-likeness (QED) is 0.603. The Balaban J connectivity index is 3.00. The molecular weight excluding hydrogens is 380 g/mol. The van der Waals surface area contributed by atoms with E-state index in [0.29, 0.717) is 0 Å². The van der Waals surface area contributed by atoms with E-state index in [0.717, 1.165) is 0 Å². The van der Waals surface area contributed by atoms with Crippen LogP contribution in [0.4, 0.5) is 0 Å². The first-order chi connectivity index (χ1) is 29.2. The van der Waals surface area contributed by atoms with Gasteiger partial charge in [-0.25, -0.2) is 0 Å². The Morgan fingerprint density at radius 2 is 2.23 bits per heavy atom. The number of nitrogens with zero attached hydrogens (tertiary/aromatic N) is 1. The molecule has 168 valence electrons. The lowest BCUT2D eigenvalue weighted by atomic mass is 9.79. The summed E-state index contributed by atoms with van der Waals surface area (Å²) in [6, 6.07) is -14.3. The second-order valence-corrected chi connectivity index (χ2v) is 5.34. The zero-order valence-electron chi connectivity index (χ0n) is 52.5. The molecule has 0 unspecified atom stereocenters. The first-order valence-electron chi connectivity index (χ1n) is 26.5. The van der Waals surface area contributed by atoms with Gasteiger partial charge in [0, 0.05) is 65.5 Å². The van der Waals surface area contributed by atoms with Gasteiger partial charge < -0.3 is 19.9 Å². The molecule has 1 aromatic rings. The van der Waals surface area contributed by atoms with Gasteiger partial charge in [0.2, 0.25) is 0 Å². The summed E-state index contributed by atoms with van der Waals surface area (Å²) in [6.07, 6.45) is -21.4. The predicted octanol–water partition coefficient (Wildman–Crippen LogP) is 3.56. The van der Waals surface area contributed by atoms with Gasteiger partial charge in [0.25, 0.3) is 0 Å². The van der Waals surface area contributed by atoms with E-state index < -0.39 is 161 Å². The van der Waals surface area contributed by atoms with E-state index in [1.54, 1.807) is 0 Å². The highest BCUT2D eigenvalue weighted by molar-refractivity contribution is 5.76. The van der Waals surface area contributed by atoms with E-state index in [1.807, 2.05) is 0 Å². The Bertz CT molecular complexity index is 2140. The van der Waals surface area contributed by atoms with Crippen molar-refractivity contribution < 1.29 is 71.2 Å². The van der Waals surface area contributed by atoms with Gasteiger partial charge in [0.15, 0.2) is 11.5 Å². The lowest BCUT2D eigenvalue weighted by Gasteiger charge is -2.47. The molecule has 2 aliphatic rings. The molecule has 1 fully saturated rings. The van der Waals surface area contributed by atoms with E-state index in [9.17, 15) is 14.4 Å². The summed E-state index contributed by atoms with van der Waals surface area (Å²) in [5, 5.41) is 0. The summed E-state index contributed by atoms with van der Waals surface area (Å²) in [5.41, 5.74) is -5.78. The van der Waals surface area contributed by atoms with Crippen LogP contribution in [0.2, 0.25) is 2.82 Å². The van der Waals surface area contributed by atoms with E-state index in [2.05, 4.69) is 14.2 Å². The second-order valence-electron chi connectivity index (χ2n) is 5.34. The Morgan fingerprint density at radius 3 is 2.93 bits per heavy atom. The smallest absolute Gasteiger partial charge is 0.323 e. The van der Waals surface area contributed by atoms with Gasteiger partial charge in [-0.2, -0.15) is 0 Å². The van der Waals surface area contributed by atoms with Gasteiger partial charge in [-0.3, -0.25) is 9.69 Å². The molecule has 2 aliphatic heterocycles. The number of carbonyl (C=O) groups is 1. The average molecular weight is 457 g/mol. The molecule has 0 spiro atoms. The average Bonchev–Trinajstić information content (AvgIpc) is 3.07. The second kappa shape index (κ2) is 9.56. The Morgan fingerprint density at radius 1 is 1.43 bits per heavy atom. The summed E-state index contributed by atoms with van der Waals surface area (Å²) in [7, 11) is -7.81. The normalized spacial score (nSPS) is 62.4. The van der Waals surface area contributed by atoms with Crippen molar-refractivity contribution in [2.75, 3.05) is 27.1 Å². The molecule has 30 heavy (non-hydrogen) atoms. The fourth-order valence-corrected chi connectivity index (χ4v) is 2.22. The van der Waals surface area contributed by atoms with Crippen LogP contribution in [-0.2, 0) is 15.9 Å². The molecule has 0 radical (unpaired) electrons. The minimum absolute atomic E-state index is 1.27. The topological polar surface area (TPSA) is 74.0 Å². The molecule has 6 heteroatoms. The number of methoxy groups -OCH3 is 2. The number of hydrogen-bond donors (Lipinski definition) is 1. The third kappa shape index (κ3) is 4.75. The molecule has 0 aromatic heterocycles. The number of fused-ring (bicyclic) bond motifs is 3. The van der Waals surface area contributed by atoms with E-state index in [1.165, 1.54) is 0 Å². The van der Waals surface area contributed by atoms with E-state index >= 15 is 0 Å². The number of benzene rings is 1. The largest absolute Gasteiger partial charge is 0.493 e. The zero-order valence-corrected chi connectivity index (χ0v) is 14.5. The van der Waals surface area contributed by atoms with Crippen LogP contribution in [0.25, 0.3) is 0 Å². The molecule has 0 saturated carbocycles. The van der Waals surface area contributed by atoms with Crippen molar-refractivity contribution in [1.29, 1.82) is 0 Å². The molecule has 2 N–H and O–H groups in total. The van der Waals surface area contributed by atoms with Crippen LogP contribution in [0.3, 0.4) is 0 Å². The Kier molecular flexibility index (Phi) is 1.43. The first kappa shape index (κ1) is 4.49. The SMILES string of the molecule is [2H]c1c(OC([2H])([2H])[2H])c(OC([2H])([2H])[2H])c([2H])c2c1C([2H])([2H])C([2H])([2H])N1C([2H])([2H])[C@@]([2H])(C([2H])([2H])C([2H])(C([2H])([2H])[2H])C([2H])([2H])[2H])[C@]([2H])(OC(=O)[C@@]([2H])(N([2H])[2H])C([2H])(C([2H])([2H])[2H])C([2H])([2H])[2H])C([2H])([2H])[C@]21[2H]. The number of carbonyl (C=O) groups excluding carboxylic acids is 1. The van der Waals surface area contributed by atoms with Crippen molar-refractivity contribution >= 4 is 5.97 Å². The van der Waals surface area contributed by atoms with Crippen molar-refractivity contribution in [2.45, 2.75) is 64.6 Å². The number of esters is 1. The lowest BCUT2D eigenvalue weighted by molar-refractivity contribution is -0.160. The number of piperidine rings is 1. The lowest BCUT2D eigenvalue weighted by Crippen LogP contribution is -2.51. The minimum atomic E-state index is -5.82. The van der Waals surface area contributed by atoms with Crippen LogP contribution in [0.15, 0.2) is 12.1 Å². The summed E-state index contributed by atoms with van der Waals surface area (Å²) >= 11 is 0. The molecule has 2 heterocycles. The summed E-state index contributed by atoms with van der Waals surface area (Å²) < 4.78 is 333. The number of nitrogens with two attached hydrogens (primary N) is 1. The number of hydrogen-bond acceptors (Lipinski definition) is 6. The standard InChI is InChI=1S/C24H38N2O4/c1-14(2)9-17-13-26-8-7-16-10-21(28-5)22(29-6)11-18(16)19(26)12-20(17)30-24(27)23(25)15(3)4/h10-11,14-15,17,19-20,23H,7-9,12-13,25H2,1-6H3/t17-,19-,20-,23+/m1/s1/i1D3,2D3,3D3,4D3,5D3,6D3,7D2,8D2,9D2,10D,11D,12D2,13D2,14D,15D,17D,19D,20D,23D/hD2. The monoisotopic (exact) mass is 457 g/mol. The number of rotatable bonds is 8. The van der Waals surface area contributed by atoms with Crippen molar-refractivity contribution in [3.8, 4) is 11.5 Å².